The van der Waals surface area contributed by atoms with E-state index in [-0.39, 0.29) is 29.2 Å². The van der Waals surface area contributed by atoms with Crippen LogP contribution < -0.4 is 5.32 Å². The molecule has 130 valence electrons. The molecule has 0 aromatic heterocycles. The van der Waals surface area contributed by atoms with E-state index in [1.165, 1.54) is 16.7 Å². The van der Waals surface area contributed by atoms with E-state index in [0.29, 0.717) is 11.8 Å². The molecule has 2 heteroatoms. The molecule has 2 nitrogen and oxygen atoms in total. The molecule has 4 rings (SSSR count). The molecular formula is C23H27NO. The van der Waals surface area contributed by atoms with Crippen LogP contribution in [0.15, 0.2) is 24.3 Å². The molecule has 2 aliphatic carbocycles. The number of aryl methyl sites for hydroxylation is 2. The van der Waals surface area contributed by atoms with Crippen molar-refractivity contribution >= 4 is 5.78 Å². The molecule has 1 aliphatic heterocycles. The quantitative estimate of drug-likeness (QED) is 0.625. The number of hydrogen-bond acceptors (Lipinski definition) is 2. The zero-order chi connectivity index (χ0) is 17.9. The Hall–Kier alpha value is -1.85. The van der Waals surface area contributed by atoms with E-state index < -0.39 is 0 Å². The van der Waals surface area contributed by atoms with E-state index in [4.69, 9.17) is 6.42 Å². The first-order valence-electron chi connectivity index (χ1n) is 9.47. The topological polar surface area (TPSA) is 29.1 Å². The van der Waals surface area contributed by atoms with Crippen LogP contribution in [0, 0.1) is 37.0 Å². The second kappa shape index (κ2) is 5.58. The Kier molecular flexibility index (Phi) is 3.71. The molecule has 0 radical (unpaired) electrons. The first kappa shape index (κ1) is 16.6. The van der Waals surface area contributed by atoms with Crippen LogP contribution in [0.4, 0.5) is 0 Å². The van der Waals surface area contributed by atoms with Crippen molar-refractivity contribution in [2.24, 2.45) is 17.8 Å². The number of nitrogens with one attached hydrogen (secondary N) is 1. The maximum absolute atomic E-state index is 13.5. The molecule has 3 aliphatic rings. The molecule has 0 spiro atoms. The van der Waals surface area contributed by atoms with Crippen molar-refractivity contribution in [3.63, 3.8) is 0 Å². The van der Waals surface area contributed by atoms with E-state index in [0.717, 1.165) is 18.4 Å². The summed E-state index contributed by atoms with van der Waals surface area (Å²) < 4.78 is 0. The zero-order valence-corrected chi connectivity index (χ0v) is 15.6. The molecule has 1 N–H and O–H groups in total. The minimum absolute atomic E-state index is 0.0230. The predicted molar refractivity (Wildman–Crippen MR) is 102 cm³/mol. The van der Waals surface area contributed by atoms with Gasteiger partial charge in [-0.15, -0.1) is 6.42 Å². The molecule has 5 atom stereocenters. The van der Waals surface area contributed by atoms with Gasteiger partial charge in [0.05, 0.1) is 0 Å². The Morgan fingerprint density at radius 3 is 2.76 bits per heavy atom. The number of fused-ring (bicyclic) bond motifs is 4. The molecule has 0 saturated carbocycles. The molecule has 1 aromatic carbocycles. The normalized spacial score (nSPS) is 34.8. The number of benzene rings is 1. The van der Waals surface area contributed by atoms with Gasteiger partial charge in [0.2, 0.25) is 0 Å². The van der Waals surface area contributed by atoms with Gasteiger partial charge in [-0.25, -0.2) is 0 Å². The number of rotatable bonds is 1. The first-order chi connectivity index (χ1) is 11.9. The third-order valence-corrected chi connectivity index (χ3v) is 6.82. The monoisotopic (exact) mass is 333 g/mol. The van der Waals surface area contributed by atoms with Crippen LogP contribution >= 0.6 is 0 Å². The number of terminal acetylenes is 1. The van der Waals surface area contributed by atoms with Gasteiger partial charge in [0.25, 0.3) is 0 Å². The highest BCUT2D eigenvalue weighted by Crippen LogP contribution is 2.49. The van der Waals surface area contributed by atoms with Crippen molar-refractivity contribution in [2.45, 2.75) is 58.0 Å². The van der Waals surface area contributed by atoms with E-state index >= 15 is 0 Å². The Bertz CT molecular complexity index is 810. The van der Waals surface area contributed by atoms with Gasteiger partial charge < -0.3 is 5.32 Å². The summed E-state index contributed by atoms with van der Waals surface area (Å²) in [6.07, 6.45) is 11.9. The fourth-order valence-electron chi connectivity index (χ4n) is 5.34. The molecule has 1 heterocycles. The highest BCUT2D eigenvalue weighted by molar-refractivity contribution is 6.02. The Morgan fingerprint density at radius 1 is 1.32 bits per heavy atom. The number of carbonyl (C=O) groups is 1. The lowest BCUT2D eigenvalue weighted by Crippen LogP contribution is -2.52. The fraction of sp³-hybridized carbons (Fsp3) is 0.522. The summed E-state index contributed by atoms with van der Waals surface area (Å²) in [4.78, 5) is 13.5. The number of allylic oxidation sites excluding steroid dienone is 1. The van der Waals surface area contributed by atoms with Gasteiger partial charge in [-0.3, -0.25) is 4.79 Å². The van der Waals surface area contributed by atoms with Crippen molar-refractivity contribution in [3.8, 4) is 12.3 Å². The first-order valence-corrected chi connectivity index (χ1v) is 9.47. The van der Waals surface area contributed by atoms with Crippen LogP contribution in [-0.2, 0) is 11.8 Å². The van der Waals surface area contributed by atoms with E-state index in [9.17, 15) is 4.79 Å². The molecule has 0 amide bonds. The number of hydrogen-bond donors (Lipinski definition) is 1. The minimum atomic E-state index is -0.0677. The third kappa shape index (κ3) is 2.26. The van der Waals surface area contributed by atoms with Crippen LogP contribution in [0.2, 0.25) is 0 Å². The van der Waals surface area contributed by atoms with Crippen LogP contribution in [0.1, 0.15) is 54.2 Å². The van der Waals surface area contributed by atoms with Gasteiger partial charge >= 0.3 is 0 Å². The molecule has 1 aromatic rings. The molecule has 5 unspecified atom stereocenters. The average Bonchev–Trinajstić information content (AvgIpc) is 2.99. The van der Waals surface area contributed by atoms with Crippen LogP contribution in [0.25, 0.3) is 0 Å². The SMILES string of the molecule is C#CC1C=CC2C(C1)NC1C2C(=O)c2cc(CC)c(C)cc2C1(C)C. The van der Waals surface area contributed by atoms with Crippen molar-refractivity contribution in [1.29, 1.82) is 0 Å². The van der Waals surface area contributed by atoms with Crippen molar-refractivity contribution in [1.82, 2.24) is 5.32 Å². The molecular weight excluding hydrogens is 306 g/mol. The van der Waals surface area contributed by atoms with Gasteiger partial charge in [-0.05, 0) is 42.5 Å². The van der Waals surface area contributed by atoms with Crippen LogP contribution in [-0.4, -0.2) is 17.9 Å². The summed E-state index contributed by atoms with van der Waals surface area (Å²) in [6, 6.07) is 4.90. The molecule has 1 saturated heterocycles. The Labute approximate surface area is 151 Å². The summed E-state index contributed by atoms with van der Waals surface area (Å²) in [5.74, 6) is 3.65. The molecule has 1 fully saturated rings. The largest absolute Gasteiger partial charge is 0.309 e. The van der Waals surface area contributed by atoms with Gasteiger partial charge in [0, 0.05) is 40.8 Å². The van der Waals surface area contributed by atoms with Crippen molar-refractivity contribution < 1.29 is 4.79 Å². The van der Waals surface area contributed by atoms with Crippen molar-refractivity contribution in [3.05, 3.63) is 46.5 Å². The summed E-state index contributed by atoms with van der Waals surface area (Å²) in [5.41, 5.74) is 4.67. The minimum Gasteiger partial charge on any atom is -0.309 e. The lowest BCUT2D eigenvalue weighted by atomic mass is 9.61. The fourth-order valence-corrected chi connectivity index (χ4v) is 5.34. The standard InChI is InChI=1S/C23H27NO/c1-6-14-8-9-16-19(11-14)24-22-20(16)21(25)17-12-15(7-2)13(3)10-18(17)23(22,4)5/h1,8-10,12,14,16,19-20,22,24H,7,11H2,2-5H3. The Balaban J connectivity index is 1.83. The van der Waals surface area contributed by atoms with Crippen LogP contribution in [0.5, 0.6) is 0 Å². The number of Topliss-reactive ketones (excluding diaryl/α,β-unsaturated/α-hetero) is 1. The summed E-state index contributed by atoms with van der Waals surface area (Å²) in [5, 5.41) is 3.80. The maximum Gasteiger partial charge on any atom is 0.168 e. The lowest BCUT2D eigenvalue weighted by Gasteiger charge is -2.42. The highest BCUT2D eigenvalue weighted by Gasteiger charge is 2.56. The Morgan fingerprint density at radius 2 is 2.08 bits per heavy atom. The second-order valence-electron chi connectivity index (χ2n) is 8.51. The third-order valence-electron chi connectivity index (χ3n) is 6.82. The number of ketones is 1. The zero-order valence-electron chi connectivity index (χ0n) is 15.6. The molecule has 0 bridgehead atoms. The van der Waals surface area contributed by atoms with Crippen LogP contribution in [0.3, 0.4) is 0 Å². The van der Waals surface area contributed by atoms with Gasteiger partial charge in [-0.1, -0.05) is 44.9 Å². The summed E-state index contributed by atoms with van der Waals surface area (Å²) in [6.45, 7) is 8.89. The van der Waals surface area contributed by atoms with Gasteiger partial charge in [0.15, 0.2) is 5.78 Å². The molecule has 25 heavy (non-hydrogen) atoms. The summed E-state index contributed by atoms with van der Waals surface area (Å²) >= 11 is 0. The predicted octanol–water partition coefficient (Wildman–Crippen LogP) is 3.81. The second-order valence-corrected chi connectivity index (χ2v) is 8.51. The van der Waals surface area contributed by atoms with Gasteiger partial charge in [0.1, 0.15) is 0 Å². The van der Waals surface area contributed by atoms with E-state index in [1.54, 1.807) is 0 Å². The highest BCUT2D eigenvalue weighted by atomic mass is 16.1. The maximum atomic E-state index is 13.5. The van der Waals surface area contributed by atoms with E-state index in [1.807, 2.05) is 0 Å². The van der Waals surface area contributed by atoms with Gasteiger partial charge in [-0.2, -0.15) is 0 Å². The smallest absolute Gasteiger partial charge is 0.168 e. The lowest BCUT2D eigenvalue weighted by molar-refractivity contribution is 0.0836. The summed E-state index contributed by atoms with van der Waals surface area (Å²) in [7, 11) is 0. The van der Waals surface area contributed by atoms with Crippen molar-refractivity contribution in [2.75, 3.05) is 0 Å². The van der Waals surface area contributed by atoms with E-state index in [2.05, 4.69) is 63.2 Å². The average molecular weight is 333 g/mol. The number of carbonyl (C=O) groups excluding carboxylic acids is 1.